The van der Waals surface area contributed by atoms with E-state index in [-0.39, 0.29) is 18.2 Å². The number of carbonyl (C=O) groups is 2. The van der Waals surface area contributed by atoms with Crippen LogP contribution in [0.15, 0.2) is 23.4 Å². The molecular formula is C13H16N4O3. The molecule has 2 rings (SSSR count). The van der Waals surface area contributed by atoms with Crippen molar-refractivity contribution < 1.29 is 14.3 Å². The van der Waals surface area contributed by atoms with E-state index in [0.717, 1.165) is 0 Å². The zero-order valence-electron chi connectivity index (χ0n) is 11.4. The van der Waals surface area contributed by atoms with E-state index < -0.39 is 0 Å². The predicted octanol–water partition coefficient (Wildman–Crippen LogP) is 1.03. The maximum atomic E-state index is 12.1. The SMILES string of the molecule is CCOc1ncccc1NC(=O)C1=NN(C)C(=O)CC1. The Labute approximate surface area is 116 Å². The molecule has 0 aliphatic carbocycles. The number of nitrogens with zero attached hydrogens (tertiary/aromatic N) is 3. The Hall–Kier alpha value is -2.44. The third-order valence-corrected chi connectivity index (χ3v) is 2.77. The zero-order chi connectivity index (χ0) is 14.5. The van der Waals surface area contributed by atoms with Crippen molar-refractivity contribution in [3.8, 4) is 5.88 Å². The average Bonchev–Trinajstić information content (AvgIpc) is 2.44. The lowest BCUT2D eigenvalue weighted by Gasteiger charge is -2.19. The number of hydrazone groups is 1. The van der Waals surface area contributed by atoms with Crippen LogP contribution in [0.1, 0.15) is 19.8 Å². The second-order valence-electron chi connectivity index (χ2n) is 4.21. The highest BCUT2D eigenvalue weighted by Crippen LogP contribution is 2.21. The molecule has 0 saturated carbocycles. The van der Waals surface area contributed by atoms with Crippen LogP contribution in [0.2, 0.25) is 0 Å². The van der Waals surface area contributed by atoms with Crippen molar-refractivity contribution in [3.05, 3.63) is 18.3 Å². The Morgan fingerprint density at radius 2 is 2.30 bits per heavy atom. The van der Waals surface area contributed by atoms with Crippen LogP contribution in [-0.4, -0.2) is 41.2 Å². The van der Waals surface area contributed by atoms with E-state index in [1.54, 1.807) is 18.3 Å². The Morgan fingerprint density at radius 3 is 3.00 bits per heavy atom. The lowest BCUT2D eigenvalue weighted by atomic mass is 10.1. The van der Waals surface area contributed by atoms with Crippen molar-refractivity contribution in [3.63, 3.8) is 0 Å². The Balaban J connectivity index is 2.12. The van der Waals surface area contributed by atoms with E-state index in [0.29, 0.717) is 30.3 Å². The molecule has 2 amide bonds. The smallest absolute Gasteiger partial charge is 0.272 e. The van der Waals surface area contributed by atoms with Crippen LogP contribution < -0.4 is 10.1 Å². The van der Waals surface area contributed by atoms with Crippen LogP contribution in [-0.2, 0) is 9.59 Å². The van der Waals surface area contributed by atoms with E-state index >= 15 is 0 Å². The molecule has 20 heavy (non-hydrogen) atoms. The molecule has 0 spiro atoms. The molecule has 7 heteroatoms. The summed E-state index contributed by atoms with van der Waals surface area (Å²) in [5, 5.41) is 7.85. The van der Waals surface area contributed by atoms with Gasteiger partial charge >= 0.3 is 0 Å². The maximum absolute atomic E-state index is 12.1. The minimum atomic E-state index is -0.349. The standard InChI is InChI=1S/C13H16N4O3/c1-3-20-13-10(5-4-8-14-13)15-12(19)9-6-7-11(18)17(2)16-9/h4-5,8H,3,6-7H2,1-2H3,(H,15,19). The summed E-state index contributed by atoms with van der Waals surface area (Å²) in [6.45, 7) is 2.30. The first-order chi connectivity index (χ1) is 9.61. The zero-order valence-corrected chi connectivity index (χ0v) is 11.4. The van der Waals surface area contributed by atoms with Gasteiger partial charge in [-0.05, 0) is 19.1 Å². The summed E-state index contributed by atoms with van der Waals surface area (Å²) in [5.41, 5.74) is 0.806. The van der Waals surface area contributed by atoms with Gasteiger partial charge in [0.25, 0.3) is 5.91 Å². The molecular weight excluding hydrogens is 260 g/mol. The number of rotatable bonds is 4. The number of hydrogen-bond acceptors (Lipinski definition) is 5. The monoisotopic (exact) mass is 276 g/mol. The van der Waals surface area contributed by atoms with Crippen LogP contribution >= 0.6 is 0 Å². The maximum Gasteiger partial charge on any atom is 0.272 e. The van der Waals surface area contributed by atoms with Crippen molar-refractivity contribution >= 4 is 23.2 Å². The van der Waals surface area contributed by atoms with Gasteiger partial charge in [0.05, 0.1) is 6.61 Å². The number of pyridine rings is 1. The number of aromatic nitrogens is 1. The Morgan fingerprint density at radius 1 is 1.50 bits per heavy atom. The topological polar surface area (TPSA) is 83.9 Å². The number of hydrogen-bond donors (Lipinski definition) is 1. The molecule has 1 aliphatic heterocycles. The molecule has 1 aliphatic rings. The van der Waals surface area contributed by atoms with Crippen LogP contribution in [0.25, 0.3) is 0 Å². The lowest BCUT2D eigenvalue weighted by molar-refractivity contribution is -0.130. The van der Waals surface area contributed by atoms with Gasteiger partial charge in [-0.3, -0.25) is 9.59 Å². The summed E-state index contributed by atoms with van der Waals surface area (Å²) in [7, 11) is 1.53. The van der Waals surface area contributed by atoms with Gasteiger partial charge in [0, 0.05) is 26.1 Å². The molecule has 106 valence electrons. The molecule has 7 nitrogen and oxygen atoms in total. The summed E-state index contributed by atoms with van der Waals surface area (Å²) < 4.78 is 5.33. The highest BCUT2D eigenvalue weighted by atomic mass is 16.5. The van der Waals surface area contributed by atoms with Crippen molar-refractivity contribution in [2.75, 3.05) is 19.0 Å². The average molecular weight is 276 g/mol. The van der Waals surface area contributed by atoms with Gasteiger partial charge in [-0.2, -0.15) is 5.10 Å². The van der Waals surface area contributed by atoms with Crippen molar-refractivity contribution in [2.24, 2.45) is 5.10 Å². The van der Waals surface area contributed by atoms with Crippen molar-refractivity contribution in [2.45, 2.75) is 19.8 Å². The highest BCUT2D eigenvalue weighted by molar-refractivity contribution is 6.43. The molecule has 0 fully saturated rings. The van der Waals surface area contributed by atoms with Gasteiger partial charge in [0.1, 0.15) is 11.4 Å². The fraction of sp³-hybridized carbons (Fsp3) is 0.385. The molecule has 0 bridgehead atoms. The van der Waals surface area contributed by atoms with E-state index in [2.05, 4.69) is 15.4 Å². The van der Waals surface area contributed by atoms with Gasteiger partial charge in [0.15, 0.2) is 0 Å². The molecule has 0 aromatic carbocycles. The molecule has 1 N–H and O–H groups in total. The van der Waals surface area contributed by atoms with Crippen LogP contribution in [0.3, 0.4) is 0 Å². The van der Waals surface area contributed by atoms with Gasteiger partial charge < -0.3 is 10.1 Å². The van der Waals surface area contributed by atoms with Gasteiger partial charge in [-0.1, -0.05) is 0 Å². The van der Waals surface area contributed by atoms with E-state index in [1.165, 1.54) is 12.1 Å². The van der Waals surface area contributed by atoms with E-state index in [1.807, 2.05) is 6.92 Å². The summed E-state index contributed by atoms with van der Waals surface area (Å²) in [6, 6.07) is 3.41. The first-order valence-corrected chi connectivity index (χ1v) is 6.35. The molecule has 0 saturated heterocycles. The summed E-state index contributed by atoms with van der Waals surface area (Å²) in [6.07, 6.45) is 2.21. The summed E-state index contributed by atoms with van der Waals surface area (Å²) in [4.78, 5) is 27.5. The fourth-order valence-corrected chi connectivity index (χ4v) is 1.77. The second kappa shape index (κ2) is 6.14. The lowest BCUT2D eigenvalue weighted by Crippen LogP contribution is -2.34. The van der Waals surface area contributed by atoms with Gasteiger partial charge in [0.2, 0.25) is 11.8 Å². The van der Waals surface area contributed by atoms with Crippen molar-refractivity contribution in [1.82, 2.24) is 9.99 Å². The number of anilines is 1. The largest absolute Gasteiger partial charge is 0.476 e. The van der Waals surface area contributed by atoms with Gasteiger partial charge in [-0.25, -0.2) is 9.99 Å². The minimum absolute atomic E-state index is 0.0991. The normalized spacial score (nSPS) is 14.8. The Kier molecular flexibility index (Phi) is 4.29. The molecule has 1 aromatic heterocycles. The van der Waals surface area contributed by atoms with Crippen LogP contribution in [0, 0.1) is 0 Å². The van der Waals surface area contributed by atoms with Gasteiger partial charge in [-0.15, -0.1) is 0 Å². The number of carbonyl (C=O) groups excluding carboxylic acids is 2. The minimum Gasteiger partial charge on any atom is -0.476 e. The second-order valence-corrected chi connectivity index (χ2v) is 4.21. The van der Waals surface area contributed by atoms with E-state index in [4.69, 9.17) is 4.74 Å². The summed E-state index contributed by atoms with van der Waals surface area (Å²) in [5.74, 6) is -0.0829. The highest BCUT2D eigenvalue weighted by Gasteiger charge is 2.22. The summed E-state index contributed by atoms with van der Waals surface area (Å²) >= 11 is 0. The molecule has 0 atom stereocenters. The Bertz CT molecular complexity index is 556. The van der Waals surface area contributed by atoms with Crippen LogP contribution in [0.5, 0.6) is 5.88 Å². The third kappa shape index (κ3) is 3.11. The van der Waals surface area contributed by atoms with E-state index in [9.17, 15) is 9.59 Å². The number of ether oxygens (including phenoxy) is 1. The first kappa shape index (κ1) is 14.0. The molecule has 0 unspecified atom stereocenters. The molecule has 0 radical (unpaired) electrons. The molecule has 2 heterocycles. The quantitative estimate of drug-likeness (QED) is 0.890. The fourth-order valence-electron chi connectivity index (χ4n) is 1.77. The van der Waals surface area contributed by atoms with Crippen molar-refractivity contribution in [1.29, 1.82) is 0 Å². The molecule has 1 aromatic rings. The van der Waals surface area contributed by atoms with Crippen LogP contribution in [0.4, 0.5) is 5.69 Å². The third-order valence-electron chi connectivity index (χ3n) is 2.77. The first-order valence-electron chi connectivity index (χ1n) is 6.35. The number of amides is 2. The predicted molar refractivity (Wildman–Crippen MR) is 73.5 cm³/mol. The number of nitrogens with one attached hydrogen (secondary N) is 1.